The van der Waals surface area contributed by atoms with Gasteiger partial charge in [-0.3, -0.25) is 4.72 Å². The molecule has 10 heteroatoms. The Morgan fingerprint density at radius 1 is 1.29 bits per heavy atom. The number of benzene rings is 1. The van der Waals surface area contributed by atoms with Gasteiger partial charge < -0.3 is 10.3 Å². The molecule has 0 radical (unpaired) electrons. The van der Waals surface area contributed by atoms with E-state index < -0.39 is 32.5 Å². The van der Waals surface area contributed by atoms with Gasteiger partial charge >= 0.3 is 6.18 Å². The summed E-state index contributed by atoms with van der Waals surface area (Å²) in [5, 5.41) is -0.403. The van der Waals surface area contributed by atoms with E-state index in [0.29, 0.717) is 0 Å². The van der Waals surface area contributed by atoms with Crippen molar-refractivity contribution in [3.05, 3.63) is 36.2 Å². The van der Waals surface area contributed by atoms with E-state index in [2.05, 4.69) is 4.98 Å². The van der Waals surface area contributed by atoms with Crippen LogP contribution in [0.4, 0.5) is 24.7 Å². The second kappa shape index (κ2) is 4.95. The highest BCUT2D eigenvalue weighted by Crippen LogP contribution is 2.35. The monoisotopic (exact) mass is 320 g/mol. The molecule has 0 saturated heterocycles. The van der Waals surface area contributed by atoms with Crippen molar-refractivity contribution in [3.63, 3.8) is 0 Å². The van der Waals surface area contributed by atoms with Crippen molar-refractivity contribution >= 4 is 21.5 Å². The number of para-hydroxylation sites is 1. The zero-order chi connectivity index (χ0) is 15.8. The molecular formula is C11H11F3N4O2S. The van der Waals surface area contributed by atoms with E-state index in [9.17, 15) is 21.6 Å². The molecular weight excluding hydrogens is 309 g/mol. The normalized spacial score (nSPS) is 12.4. The Balaban J connectivity index is 2.48. The van der Waals surface area contributed by atoms with Gasteiger partial charge in [-0.05, 0) is 12.1 Å². The number of nitrogen functional groups attached to an aromatic ring is 1. The van der Waals surface area contributed by atoms with Crippen molar-refractivity contribution in [1.29, 1.82) is 0 Å². The standard InChI is InChI=1S/C11H11F3N4O2S/c1-18-6-16-9(15)10(18)21(19,20)17-8-5-3-2-4-7(8)11(12,13)14/h2-6,17H,15H2,1H3. The van der Waals surface area contributed by atoms with Crippen LogP contribution in [0, 0.1) is 0 Å². The third kappa shape index (κ3) is 2.94. The first-order valence-electron chi connectivity index (χ1n) is 5.59. The van der Waals surface area contributed by atoms with Crippen LogP contribution in [0.3, 0.4) is 0 Å². The Kier molecular flexibility index (Phi) is 3.58. The first-order chi connectivity index (χ1) is 9.63. The lowest BCUT2D eigenvalue weighted by molar-refractivity contribution is -0.136. The second-order valence-corrected chi connectivity index (χ2v) is 5.79. The molecule has 0 fully saturated rings. The van der Waals surface area contributed by atoms with E-state index in [1.807, 2.05) is 4.72 Å². The summed E-state index contributed by atoms with van der Waals surface area (Å²) in [5.41, 5.74) is 3.76. The second-order valence-electron chi connectivity index (χ2n) is 4.19. The predicted molar refractivity (Wildman–Crippen MR) is 69.9 cm³/mol. The van der Waals surface area contributed by atoms with Gasteiger partial charge in [0.2, 0.25) is 0 Å². The molecule has 0 bridgehead atoms. The van der Waals surface area contributed by atoms with Crippen molar-refractivity contribution < 1.29 is 21.6 Å². The Morgan fingerprint density at radius 2 is 1.90 bits per heavy atom. The summed E-state index contributed by atoms with van der Waals surface area (Å²) >= 11 is 0. The molecule has 0 spiro atoms. The fraction of sp³-hybridized carbons (Fsp3) is 0.182. The minimum absolute atomic E-state index is 0.297. The number of sulfonamides is 1. The summed E-state index contributed by atoms with van der Waals surface area (Å²) in [6.07, 6.45) is -3.53. The van der Waals surface area contributed by atoms with Gasteiger partial charge in [-0.25, -0.2) is 4.98 Å². The van der Waals surface area contributed by atoms with Gasteiger partial charge in [-0.1, -0.05) is 12.1 Å². The van der Waals surface area contributed by atoms with Crippen molar-refractivity contribution in [1.82, 2.24) is 9.55 Å². The van der Waals surface area contributed by atoms with Gasteiger partial charge in [0, 0.05) is 7.05 Å². The molecule has 1 heterocycles. The largest absolute Gasteiger partial charge is 0.418 e. The van der Waals surface area contributed by atoms with Gasteiger partial charge in [0.05, 0.1) is 17.6 Å². The lowest BCUT2D eigenvalue weighted by Crippen LogP contribution is -2.20. The summed E-state index contributed by atoms with van der Waals surface area (Å²) < 4.78 is 65.9. The molecule has 0 unspecified atom stereocenters. The van der Waals surface area contributed by atoms with E-state index in [0.717, 1.165) is 23.0 Å². The van der Waals surface area contributed by atoms with Crippen LogP contribution in [0.1, 0.15) is 5.56 Å². The van der Waals surface area contributed by atoms with Crippen LogP contribution in [-0.2, 0) is 23.2 Å². The summed E-state index contributed by atoms with van der Waals surface area (Å²) in [6, 6.07) is 4.26. The average Bonchev–Trinajstić information content (AvgIpc) is 2.68. The predicted octanol–water partition coefficient (Wildman–Crippen LogP) is 1.82. The number of nitrogens with zero attached hydrogens (tertiary/aromatic N) is 2. The SMILES string of the molecule is Cn1cnc(N)c1S(=O)(=O)Nc1ccccc1C(F)(F)F. The van der Waals surface area contributed by atoms with Crippen molar-refractivity contribution in [2.24, 2.45) is 7.05 Å². The van der Waals surface area contributed by atoms with Crippen LogP contribution in [0.5, 0.6) is 0 Å². The number of alkyl halides is 3. The van der Waals surface area contributed by atoms with Crippen LogP contribution >= 0.6 is 0 Å². The zero-order valence-corrected chi connectivity index (χ0v) is 11.5. The van der Waals surface area contributed by atoms with Gasteiger partial charge in [0.25, 0.3) is 10.0 Å². The minimum atomic E-state index is -4.68. The molecule has 2 aromatic rings. The molecule has 3 N–H and O–H groups in total. The molecule has 0 amide bonds. The molecule has 21 heavy (non-hydrogen) atoms. The molecule has 0 saturated carbocycles. The number of aromatic nitrogens is 2. The maximum absolute atomic E-state index is 12.8. The number of nitrogens with two attached hydrogens (primary N) is 1. The minimum Gasteiger partial charge on any atom is -0.381 e. The van der Waals surface area contributed by atoms with E-state index in [-0.39, 0.29) is 5.82 Å². The van der Waals surface area contributed by atoms with Crippen LogP contribution in [0.25, 0.3) is 0 Å². The molecule has 1 aromatic carbocycles. The molecule has 1 aromatic heterocycles. The van der Waals surface area contributed by atoms with Gasteiger partial charge in [-0.15, -0.1) is 0 Å². The number of anilines is 2. The highest BCUT2D eigenvalue weighted by Gasteiger charge is 2.35. The molecule has 114 valence electrons. The Bertz CT molecular complexity index is 749. The maximum Gasteiger partial charge on any atom is 0.418 e. The molecule has 0 aliphatic rings. The van der Waals surface area contributed by atoms with Crippen LogP contribution in [0.15, 0.2) is 35.6 Å². The maximum atomic E-state index is 12.8. The fourth-order valence-electron chi connectivity index (χ4n) is 1.78. The zero-order valence-electron chi connectivity index (χ0n) is 10.7. The first kappa shape index (κ1) is 15.2. The number of imidazole rings is 1. The smallest absolute Gasteiger partial charge is 0.381 e. The van der Waals surface area contributed by atoms with Crippen LogP contribution < -0.4 is 10.5 Å². The highest BCUT2D eigenvalue weighted by molar-refractivity contribution is 7.92. The lowest BCUT2D eigenvalue weighted by atomic mass is 10.2. The molecule has 2 rings (SSSR count). The quantitative estimate of drug-likeness (QED) is 0.902. The number of halogens is 3. The molecule has 0 aliphatic carbocycles. The summed E-state index contributed by atoms with van der Waals surface area (Å²) in [4.78, 5) is 3.59. The molecule has 0 atom stereocenters. The first-order valence-corrected chi connectivity index (χ1v) is 7.07. The number of hydrogen-bond acceptors (Lipinski definition) is 4. The third-order valence-corrected chi connectivity index (χ3v) is 4.14. The summed E-state index contributed by atoms with van der Waals surface area (Å²) in [7, 11) is -2.92. The number of nitrogens with one attached hydrogen (secondary N) is 1. The van der Waals surface area contributed by atoms with Gasteiger partial charge in [0.15, 0.2) is 10.8 Å². The van der Waals surface area contributed by atoms with E-state index >= 15 is 0 Å². The van der Waals surface area contributed by atoms with E-state index in [4.69, 9.17) is 5.73 Å². The number of aryl methyl sites for hydroxylation is 1. The Labute approximate surface area is 118 Å². The number of hydrogen-bond donors (Lipinski definition) is 2. The van der Waals surface area contributed by atoms with Crippen molar-refractivity contribution in [3.8, 4) is 0 Å². The van der Waals surface area contributed by atoms with Gasteiger partial charge in [-0.2, -0.15) is 21.6 Å². The van der Waals surface area contributed by atoms with Crippen molar-refractivity contribution in [2.75, 3.05) is 10.5 Å². The lowest BCUT2D eigenvalue weighted by Gasteiger charge is -2.14. The third-order valence-electron chi connectivity index (χ3n) is 2.64. The van der Waals surface area contributed by atoms with E-state index in [1.165, 1.54) is 19.2 Å². The highest BCUT2D eigenvalue weighted by atomic mass is 32.2. The Morgan fingerprint density at radius 3 is 2.43 bits per heavy atom. The number of rotatable bonds is 3. The van der Waals surface area contributed by atoms with E-state index in [1.54, 1.807) is 0 Å². The topological polar surface area (TPSA) is 90.0 Å². The molecule has 0 aliphatic heterocycles. The van der Waals surface area contributed by atoms with Crippen LogP contribution in [0.2, 0.25) is 0 Å². The fourth-order valence-corrected chi connectivity index (χ4v) is 3.10. The molecule has 6 nitrogen and oxygen atoms in total. The van der Waals surface area contributed by atoms with Crippen LogP contribution in [-0.4, -0.2) is 18.0 Å². The summed E-state index contributed by atoms with van der Waals surface area (Å²) in [6.45, 7) is 0. The summed E-state index contributed by atoms with van der Waals surface area (Å²) in [5.74, 6) is -0.297. The van der Waals surface area contributed by atoms with Gasteiger partial charge in [0.1, 0.15) is 0 Å². The Hall–Kier alpha value is -2.23. The van der Waals surface area contributed by atoms with Crippen molar-refractivity contribution in [2.45, 2.75) is 11.2 Å². The average molecular weight is 320 g/mol.